The predicted octanol–water partition coefficient (Wildman–Crippen LogP) is 2.48. The minimum absolute atomic E-state index is 0.298. The van der Waals surface area contributed by atoms with E-state index >= 15 is 0 Å². The van der Waals surface area contributed by atoms with Gasteiger partial charge >= 0.3 is 6.09 Å². The largest absolute Gasteiger partial charge is 0.444 e. The minimum Gasteiger partial charge on any atom is -0.444 e. The molecule has 6 nitrogen and oxygen atoms in total. The van der Waals surface area contributed by atoms with Crippen LogP contribution in [0.2, 0.25) is 0 Å². The molecule has 0 aromatic carbocycles. The number of nitrogens with zero attached hydrogens (tertiary/aromatic N) is 2. The van der Waals surface area contributed by atoms with Gasteiger partial charge in [0.25, 0.3) is 0 Å². The molecule has 0 saturated carbocycles. The van der Waals surface area contributed by atoms with Gasteiger partial charge in [-0.05, 0) is 39.8 Å². The Labute approximate surface area is 139 Å². The summed E-state index contributed by atoms with van der Waals surface area (Å²) in [6.07, 6.45) is 1.77. The number of hydrogen-bond acceptors (Lipinski definition) is 4. The second-order valence-corrected chi connectivity index (χ2v) is 6.42. The number of aryl methyl sites for hydroxylation is 1. The van der Waals surface area contributed by atoms with Crippen molar-refractivity contribution in [1.29, 1.82) is 0 Å². The quantitative estimate of drug-likeness (QED) is 0.709. The average Bonchev–Trinajstić information content (AvgIpc) is 2.92. The Kier molecular flexibility index (Phi) is 8.12. The van der Waals surface area contributed by atoms with Crippen molar-refractivity contribution in [2.75, 3.05) is 33.4 Å². The fourth-order valence-corrected chi connectivity index (χ4v) is 2.17. The van der Waals surface area contributed by atoms with Crippen molar-refractivity contribution >= 4 is 6.09 Å². The Morgan fingerprint density at radius 1 is 1.35 bits per heavy atom. The van der Waals surface area contributed by atoms with Crippen LogP contribution in [0.25, 0.3) is 0 Å². The molecule has 132 valence electrons. The molecule has 6 heteroatoms. The SMILES string of the molecule is CCn1cccc1CNCCN(CCOC)C(=O)OC(C)(C)C. The van der Waals surface area contributed by atoms with Gasteiger partial charge in [-0.2, -0.15) is 0 Å². The molecule has 1 aromatic heterocycles. The molecule has 1 amide bonds. The maximum Gasteiger partial charge on any atom is 0.410 e. The van der Waals surface area contributed by atoms with E-state index in [1.165, 1.54) is 5.69 Å². The van der Waals surface area contributed by atoms with Crippen LogP contribution in [-0.4, -0.2) is 54.5 Å². The highest BCUT2D eigenvalue weighted by molar-refractivity contribution is 5.68. The first-order valence-electron chi connectivity index (χ1n) is 8.19. The van der Waals surface area contributed by atoms with Crippen molar-refractivity contribution in [2.45, 2.75) is 46.4 Å². The van der Waals surface area contributed by atoms with Crippen molar-refractivity contribution in [3.8, 4) is 0 Å². The average molecular weight is 325 g/mol. The number of aromatic nitrogens is 1. The summed E-state index contributed by atoms with van der Waals surface area (Å²) in [7, 11) is 1.63. The highest BCUT2D eigenvalue weighted by Gasteiger charge is 2.21. The van der Waals surface area contributed by atoms with E-state index in [4.69, 9.17) is 9.47 Å². The van der Waals surface area contributed by atoms with Gasteiger partial charge in [-0.3, -0.25) is 0 Å². The third-order valence-corrected chi connectivity index (χ3v) is 3.35. The van der Waals surface area contributed by atoms with E-state index in [-0.39, 0.29) is 6.09 Å². The zero-order chi connectivity index (χ0) is 17.3. The van der Waals surface area contributed by atoms with Gasteiger partial charge < -0.3 is 24.3 Å². The zero-order valence-electron chi connectivity index (χ0n) is 15.1. The van der Waals surface area contributed by atoms with Gasteiger partial charge in [0.1, 0.15) is 5.60 Å². The molecule has 0 bridgehead atoms. The van der Waals surface area contributed by atoms with E-state index in [9.17, 15) is 4.79 Å². The molecule has 1 N–H and O–H groups in total. The summed E-state index contributed by atoms with van der Waals surface area (Å²) in [5.41, 5.74) is 0.755. The first kappa shape index (κ1) is 19.5. The Morgan fingerprint density at radius 3 is 2.70 bits per heavy atom. The Balaban J connectivity index is 2.43. The first-order chi connectivity index (χ1) is 10.9. The summed E-state index contributed by atoms with van der Waals surface area (Å²) in [4.78, 5) is 13.9. The number of hydrogen-bond donors (Lipinski definition) is 1. The number of amides is 1. The molecule has 0 atom stereocenters. The van der Waals surface area contributed by atoms with E-state index in [1.807, 2.05) is 26.8 Å². The van der Waals surface area contributed by atoms with Crippen LogP contribution in [-0.2, 0) is 22.6 Å². The third kappa shape index (κ3) is 7.52. The van der Waals surface area contributed by atoms with Crippen LogP contribution in [0.4, 0.5) is 4.79 Å². The fourth-order valence-electron chi connectivity index (χ4n) is 2.17. The number of nitrogens with one attached hydrogen (secondary N) is 1. The van der Waals surface area contributed by atoms with Crippen molar-refractivity contribution in [3.05, 3.63) is 24.0 Å². The lowest BCUT2D eigenvalue weighted by Gasteiger charge is -2.27. The second kappa shape index (κ2) is 9.57. The molecule has 1 heterocycles. The summed E-state index contributed by atoms with van der Waals surface area (Å²) >= 11 is 0. The van der Waals surface area contributed by atoms with E-state index < -0.39 is 5.60 Å². The lowest BCUT2D eigenvalue weighted by molar-refractivity contribution is 0.0204. The molecular formula is C17H31N3O3. The minimum atomic E-state index is -0.488. The molecule has 0 saturated heterocycles. The molecule has 0 aliphatic carbocycles. The topological polar surface area (TPSA) is 55.7 Å². The predicted molar refractivity (Wildman–Crippen MR) is 91.5 cm³/mol. The van der Waals surface area contributed by atoms with Crippen LogP contribution in [0.5, 0.6) is 0 Å². The molecule has 0 spiro atoms. The summed E-state index contributed by atoms with van der Waals surface area (Å²) in [6, 6.07) is 4.15. The van der Waals surface area contributed by atoms with Crippen LogP contribution in [0.1, 0.15) is 33.4 Å². The molecule has 1 rings (SSSR count). The zero-order valence-corrected chi connectivity index (χ0v) is 15.1. The Hall–Kier alpha value is -1.53. The number of carbonyl (C=O) groups excluding carboxylic acids is 1. The van der Waals surface area contributed by atoms with E-state index in [1.54, 1.807) is 12.0 Å². The Morgan fingerprint density at radius 2 is 2.09 bits per heavy atom. The number of rotatable bonds is 9. The highest BCUT2D eigenvalue weighted by Crippen LogP contribution is 2.09. The molecule has 0 aliphatic heterocycles. The van der Waals surface area contributed by atoms with E-state index in [2.05, 4.69) is 29.1 Å². The summed E-state index contributed by atoms with van der Waals surface area (Å²) in [5, 5.41) is 3.38. The maximum atomic E-state index is 12.2. The van der Waals surface area contributed by atoms with E-state index in [0.29, 0.717) is 26.2 Å². The lowest BCUT2D eigenvalue weighted by atomic mass is 10.2. The summed E-state index contributed by atoms with van der Waals surface area (Å²) in [5.74, 6) is 0. The van der Waals surface area contributed by atoms with Gasteiger partial charge in [0.15, 0.2) is 0 Å². The van der Waals surface area contributed by atoms with Gasteiger partial charge in [0.05, 0.1) is 6.61 Å². The molecule has 23 heavy (non-hydrogen) atoms. The van der Waals surface area contributed by atoms with Gasteiger partial charge in [-0.1, -0.05) is 0 Å². The van der Waals surface area contributed by atoms with Crippen LogP contribution in [0, 0.1) is 0 Å². The van der Waals surface area contributed by atoms with Crippen LogP contribution < -0.4 is 5.32 Å². The van der Waals surface area contributed by atoms with Gasteiger partial charge in [-0.25, -0.2) is 4.79 Å². The van der Waals surface area contributed by atoms with Crippen LogP contribution >= 0.6 is 0 Å². The highest BCUT2D eigenvalue weighted by atomic mass is 16.6. The molecular weight excluding hydrogens is 294 g/mol. The molecule has 1 aromatic rings. The molecule has 0 unspecified atom stereocenters. The lowest BCUT2D eigenvalue weighted by Crippen LogP contribution is -2.42. The van der Waals surface area contributed by atoms with Gasteiger partial charge in [-0.15, -0.1) is 0 Å². The number of ether oxygens (including phenoxy) is 2. The smallest absolute Gasteiger partial charge is 0.410 e. The molecule has 0 radical (unpaired) electrons. The summed E-state index contributed by atoms with van der Waals surface area (Å²) < 4.78 is 12.7. The molecule has 0 aliphatic rings. The fraction of sp³-hybridized carbons (Fsp3) is 0.706. The second-order valence-electron chi connectivity index (χ2n) is 6.42. The Bertz CT molecular complexity index is 466. The molecule has 0 fully saturated rings. The van der Waals surface area contributed by atoms with Crippen molar-refractivity contribution in [3.63, 3.8) is 0 Å². The van der Waals surface area contributed by atoms with Gasteiger partial charge in [0.2, 0.25) is 0 Å². The third-order valence-electron chi connectivity index (χ3n) is 3.35. The number of carbonyl (C=O) groups is 1. The summed E-state index contributed by atoms with van der Waals surface area (Å²) in [6.45, 7) is 11.8. The van der Waals surface area contributed by atoms with Crippen molar-refractivity contribution < 1.29 is 14.3 Å². The van der Waals surface area contributed by atoms with Crippen molar-refractivity contribution in [1.82, 2.24) is 14.8 Å². The normalized spacial score (nSPS) is 11.5. The van der Waals surface area contributed by atoms with Crippen molar-refractivity contribution in [2.24, 2.45) is 0 Å². The first-order valence-corrected chi connectivity index (χ1v) is 8.19. The van der Waals surface area contributed by atoms with Gasteiger partial charge in [0, 0.05) is 51.7 Å². The number of methoxy groups -OCH3 is 1. The van der Waals surface area contributed by atoms with Crippen LogP contribution in [0.15, 0.2) is 18.3 Å². The standard InChI is InChI=1S/C17H31N3O3/c1-6-19-10-7-8-15(19)14-18-9-11-20(12-13-22-5)16(21)23-17(2,3)4/h7-8,10,18H,6,9,11-14H2,1-5H3. The van der Waals surface area contributed by atoms with Crippen LogP contribution in [0.3, 0.4) is 0 Å². The van der Waals surface area contributed by atoms with E-state index in [0.717, 1.165) is 13.1 Å². The monoisotopic (exact) mass is 325 g/mol. The maximum absolute atomic E-state index is 12.2.